The Balaban J connectivity index is 0. The molecular formula is C7H11N3O4. The molecule has 0 atom stereocenters. The summed E-state index contributed by atoms with van der Waals surface area (Å²) in [5.41, 5.74) is 8.06. The number of carbonyl (C=O) groups is 2. The summed E-state index contributed by atoms with van der Waals surface area (Å²) in [5.74, 6) is 0. The molecule has 2 amide bonds. The Kier molecular flexibility index (Phi) is 10.9. The lowest BCUT2D eigenvalue weighted by molar-refractivity contribution is 0.204. The van der Waals surface area contributed by atoms with Crippen LogP contribution in [-0.2, 0) is 0 Å². The van der Waals surface area contributed by atoms with Crippen molar-refractivity contribution in [1.82, 2.24) is 4.98 Å². The third kappa shape index (κ3) is 53.7. The monoisotopic (exact) mass is 201 g/mol. The quantitative estimate of drug-likeness (QED) is 0.478. The third-order valence-electron chi connectivity index (χ3n) is 0.566. The fourth-order valence-corrected chi connectivity index (χ4v) is 0.313. The van der Waals surface area contributed by atoms with Gasteiger partial charge in [0.15, 0.2) is 0 Å². The Hall–Kier alpha value is -2.31. The van der Waals surface area contributed by atoms with E-state index in [2.05, 4.69) is 16.5 Å². The molecule has 0 bridgehead atoms. The molecule has 6 N–H and O–H groups in total. The minimum absolute atomic E-state index is 1.33. The highest BCUT2D eigenvalue weighted by Gasteiger charge is 1.65. The molecule has 0 aliphatic rings. The van der Waals surface area contributed by atoms with E-state index in [0.29, 0.717) is 0 Å². The summed E-state index contributed by atoms with van der Waals surface area (Å²) in [6.07, 6.45) is 0.833. The van der Waals surface area contributed by atoms with Crippen molar-refractivity contribution in [3.63, 3.8) is 0 Å². The Bertz CT molecular complexity index is 206. The van der Waals surface area contributed by atoms with Gasteiger partial charge in [0.1, 0.15) is 0 Å². The van der Waals surface area contributed by atoms with Crippen molar-refractivity contribution in [3.05, 3.63) is 30.6 Å². The second kappa shape index (κ2) is 10.7. The van der Waals surface area contributed by atoms with Gasteiger partial charge in [0.05, 0.1) is 0 Å². The Morgan fingerprint density at radius 2 is 1.21 bits per heavy atom. The summed E-state index contributed by atoms with van der Waals surface area (Å²) in [7, 11) is 0. The molecule has 1 rings (SSSR count). The van der Waals surface area contributed by atoms with Crippen LogP contribution in [0.15, 0.2) is 30.6 Å². The van der Waals surface area contributed by atoms with Gasteiger partial charge in [-0.2, -0.15) is 0 Å². The first-order valence-electron chi connectivity index (χ1n) is 3.28. The summed E-state index contributed by atoms with van der Waals surface area (Å²) in [5, 5.41) is 14.4. The molecule has 0 unspecified atom stereocenters. The maximum atomic E-state index is 8.78. The number of carboxylic acid groups (broad SMARTS) is 2. The van der Waals surface area contributed by atoms with Gasteiger partial charge in [-0.05, 0) is 12.1 Å². The number of primary amides is 2. The van der Waals surface area contributed by atoms with Crippen LogP contribution in [0.1, 0.15) is 0 Å². The van der Waals surface area contributed by atoms with Crippen LogP contribution in [0.5, 0.6) is 0 Å². The maximum Gasteiger partial charge on any atom is 0.402 e. The van der Waals surface area contributed by atoms with Crippen LogP contribution in [0.2, 0.25) is 0 Å². The van der Waals surface area contributed by atoms with Crippen LogP contribution in [0.4, 0.5) is 9.59 Å². The van der Waals surface area contributed by atoms with E-state index in [4.69, 9.17) is 19.8 Å². The average Bonchev–Trinajstić information content (AvgIpc) is 2.05. The van der Waals surface area contributed by atoms with Crippen LogP contribution in [-0.4, -0.2) is 27.4 Å². The first-order chi connectivity index (χ1) is 6.46. The summed E-state index contributed by atoms with van der Waals surface area (Å²) < 4.78 is 0. The number of amides is 2. The minimum Gasteiger partial charge on any atom is -0.465 e. The second-order valence-corrected chi connectivity index (χ2v) is 1.70. The Morgan fingerprint density at radius 1 is 0.929 bits per heavy atom. The molecular weight excluding hydrogens is 190 g/mol. The molecule has 0 spiro atoms. The van der Waals surface area contributed by atoms with Crippen molar-refractivity contribution in [2.75, 3.05) is 0 Å². The van der Waals surface area contributed by atoms with E-state index in [1.54, 1.807) is 12.4 Å². The number of nitrogens with two attached hydrogens (primary N) is 2. The van der Waals surface area contributed by atoms with Gasteiger partial charge < -0.3 is 21.7 Å². The van der Waals surface area contributed by atoms with E-state index in [1.165, 1.54) is 0 Å². The topological polar surface area (TPSA) is 140 Å². The van der Waals surface area contributed by atoms with Gasteiger partial charge in [-0.3, -0.25) is 4.98 Å². The molecule has 1 heterocycles. The standard InChI is InChI=1S/C5H5N.2CH3NO2/c1-2-4-6-5-3-1;2*2-1(3)4/h1-5H;2*2H2,(H,3,4). The normalized spacial score (nSPS) is 6.86. The van der Waals surface area contributed by atoms with E-state index >= 15 is 0 Å². The molecule has 7 nitrogen and oxygen atoms in total. The lowest BCUT2D eigenvalue weighted by Gasteiger charge is -1.70. The van der Waals surface area contributed by atoms with E-state index < -0.39 is 12.2 Å². The predicted octanol–water partition coefficient (Wildman–Crippen LogP) is 0.328. The third-order valence-corrected chi connectivity index (χ3v) is 0.566. The van der Waals surface area contributed by atoms with E-state index in [1.807, 2.05) is 18.2 Å². The van der Waals surface area contributed by atoms with Crippen molar-refractivity contribution in [2.24, 2.45) is 11.5 Å². The fraction of sp³-hybridized carbons (Fsp3) is 0. The Morgan fingerprint density at radius 3 is 1.29 bits per heavy atom. The lowest BCUT2D eigenvalue weighted by Crippen LogP contribution is -2.03. The van der Waals surface area contributed by atoms with Crippen molar-refractivity contribution < 1.29 is 19.8 Å². The minimum atomic E-state index is -1.33. The number of rotatable bonds is 0. The summed E-state index contributed by atoms with van der Waals surface area (Å²) >= 11 is 0. The average molecular weight is 201 g/mol. The maximum absolute atomic E-state index is 8.78. The van der Waals surface area contributed by atoms with Crippen LogP contribution in [0, 0.1) is 0 Å². The molecule has 78 valence electrons. The zero-order chi connectivity index (χ0) is 11.4. The molecule has 0 saturated carbocycles. The highest BCUT2D eigenvalue weighted by Crippen LogP contribution is 1.73. The first-order valence-corrected chi connectivity index (χ1v) is 3.28. The number of hydrogen-bond acceptors (Lipinski definition) is 3. The van der Waals surface area contributed by atoms with Crippen LogP contribution < -0.4 is 11.5 Å². The van der Waals surface area contributed by atoms with Gasteiger partial charge >= 0.3 is 12.2 Å². The smallest absolute Gasteiger partial charge is 0.402 e. The first kappa shape index (κ1) is 14.2. The number of pyridine rings is 1. The van der Waals surface area contributed by atoms with E-state index in [0.717, 1.165) is 0 Å². The van der Waals surface area contributed by atoms with E-state index in [-0.39, 0.29) is 0 Å². The predicted molar refractivity (Wildman–Crippen MR) is 48.7 cm³/mol. The van der Waals surface area contributed by atoms with Gasteiger partial charge in [-0.25, -0.2) is 9.59 Å². The molecule has 14 heavy (non-hydrogen) atoms. The summed E-state index contributed by atoms with van der Waals surface area (Å²) in [6.45, 7) is 0. The number of hydrogen-bond donors (Lipinski definition) is 4. The Labute approximate surface area is 80.0 Å². The molecule has 1 aromatic heterocycles. The van der Waals surface area contributed by atoms with Crippen molar-refractivity contribution in [3.8, 4) is 0 Å². The SMILES string of the molecule is NC(=O)O.NC(=O)O.c1ccncc1. The fourth-order valence-electron chi connectivity index (χ4n) is 0.313. The number of nitrogens with zero attached hydrogens (tertiary/aromatic N) is 1. The van der Waals surface area contributed by atoms with Gasteiger partial charge in [0.25, 0.3) is 0 Å². The molecule has 0 aliphatic heterocycles. The molecule has 0 fully saturated rings. The van der Waals surface area contributed by atoms with Gasteiger partial charge in [-0.15, -0.1) is 0 Å². The van der Waals surface area contributed by atoms with Crippen molar-refractivity contribution in [2.45, 2.75) is 0 Å². The molecule has 1 aromatic rings. The molecule has 7 heteroatoms. The molecule has 0 radical (unpaired) electrons. The van der Waals surface area contributed by atoms with Gasteiger partial charge in [-0.1, -0.05) is 6.07 Å². The second-order valence-electron chi connectivity index (χ2n) is 1.70. The van der Waals surface area contributed by atoms with Gasteiger partial charge in [0, 0.05) is 12.4 Å². The van der Waals surface area contributed by atoms with E-state index in [9.17, 15) is 0 Å². The molecule has 0 saturated heterocycles. The largest absolute Gasteiger partial charge is 0.465 e. The van der Waals surface area contributed by atoms with Crippen molar-refractivity contribution in [1.29, 1.82) is 0 Å². The van der Waals surface area contributed by atoms with Crippen LogP contribution >= 0.6 is 0 Å². The number of aromatic nitrogens is 1. The van der Waals surface area contributed by atoms with Gasteiger partial charge in [0.2, 0.25) is 0 Å². The zero-order valence-electron chi connectivity index (χ0n) is 7.20. The van der Waals surface area contributed by atoms with Crippen LogP contribution in [0.3, 0.4) is 0 Å². The molecule has 0 aromatic carbocycles. The summed E-state index contributed by atoms with van der Waals surface area (Å²) in [6, 6.07) is 5.72. The summed E-state index contributed by atoms with van der Waals surface area (Å²) in [4.78, 5) is 21.3. The lowest BCUT2D eigenvalue weighted by atomic mass is 10.5. The highest BCUT2D eigenvalue weighted by molar-refractivity contribution is 5.61. The highest BCUT2D eigenvalue weighted by atomic mass is 16.4. The van der Waals surface area contributed by atoms with Crippen molar-refractivity contribution >= 4 is 12.2 Å². The van der Waals surface area contributed by atoms with Crippen LogP contribution in [0.25, 0.3) is 0 Å². The zero-order valence-corrected chi connectivity index (χ0v) is 7.20. The molecule has 0 aliphatic carbocycles.